The van der Waals surface area contributed by atoms with Crippen LogP contribution in [0.2, 0.25) is 0 Å². The number of nitrogens with zero attached hydrogens (tertiary/aromatic N) is 1. The summed E-state index contributed by atoms with van der Waals surface area (Å²) in [4.78, 5) is 75.3. The van der Waals surface area contributed by atoms with Gasteiger partial charge in [0, 0.05) is 38.0 Å². The Morgan fingerprint density at radius 3 is 2.36 bits per heavy atom. The highest BCUT2D eigenvalue weighted by atomic mass is 16.5. The van der Waals surface area contributed by atoms with Gasteiger partial charge in [0.1, 0.15) is 6.17 Å². The van der Waals surface area contributed by atoms with E-state index in [9.17, 15) is 33.9 Å². The molecule has 2 atom stereocenters. The predicted octanol–water partition coefficient (Wildman–Crippen LogP) is 0.645. The summed E-state index contributed by atoms with van der Waals surface area (Å²) in [5, 5.41) is 20.3. The van der Waals surface area contributed by atoms with Crippen molar-refractivity contribution in [3.05, 3.63) is 35.4 Å². The predicted molar refractivity (Wildman–Crippen MR) is 151 cm³/mol. The molecule has 2 fully saturated rings. The zero-order valence-corrected chi connectivity index (χ0v) is 24.0. The smallest absolute Gasteiger partial charge is 0.337 e. The molecule has 1 aromatic carbocycles. The van der Waals surface area contributed by atoms with Crippen LogP contribution in [0.4, 0.5) is 0 Å². The van der Waals surface area contributed by atoms with E-state index in [1.54, 1.807) is 4.90 Å². The number of benzene rings is 1. The van der Waals surface area contributed by atoms with Gasteiger partial charge in [0.2, 0.25) is 17.7 Å². The molecule has 4 amide bonds. The second-order valence-electron chi connectivity index (χ2n) is 10.7. The van der Waals surface area contributed by atoms with Crippen LogP contribution in [0.3, 0.4) is 0 Å². The zero-order chi connectivity index (χ0) is 30.5. The summed E-state index contributed by atoms with van der Waals surface area (Å²) in [6, 6.07) is 5.80. The Balaban J connectivity index is 1.44. The van der Waals surface area contributed by atoms with Gasteiger partial charge in [-0.05, 0) is 75.4 Å². The first-order valence-corrected chi connectivity index (χ1v) is 14.4. The summed E-state index contributed by atoms with van der Waals surface area (Å²) < 4.78 is 4.62. The van der Waals surface area contributed by atoms with Gasteiger partial charge in [0.05, 0.1) is 25.0 Å². The number of likely N-dealkylation sites (tertiary alicyclic amines) is 1. The lowest BCUT2D eigenvalue weighted by Crippen LogP contribution is -2.53. The lowest BCUT2D eigenvalue weighted by atomic mass is 9.92. The molecule has 0 bridgehead atoms. The number of hydrogen-bond donors (Lipinski definition) is 5. The topological polar surface area (TPSA) is 183 Å². The Hall–Kier alpha value is -4.00. The molecule has 0 saturated carbocycles. The van der Waals surface area contributed by atoms with Crippen molar-refractivity contribution in [2.24, 2.45) is 11.8 Å². The van der Waals surface area contributed by atoms with Gasteiger partial charge < -0.3 is 36.0 Å². The minimum Gasteiger partial charge on any atom is -0.481 e. The van der Waals surface area contributed by atoms with Gasteiger partial charge in [0.15, 0.2) is 0 Å². The summed E-state index contributed by atoms with van der Waals surface area (Å²) in [6.45, 7) is 2.76. The number of rotatable bonds is 13. The fourth-order valence-corrected chi connectivity index (χ4v) is 5.21. The van der Waals surface area contributed by atoms with E-state index >= 15 is 0 Å². The number of piperidine rings is 2. The van der Waals surface area contributed by atoms with Crippen molar-refractivity contribution in [3.63, 3.8) is 0 Å². The molecule has 0 aromatic heterocycles. The number of carbonyl (C=O) groups excluding carboxylic acids is 5. The highest BCUT2D eigenvalue weighted by Gasteiger charge is 2.30. The van der Waals surface area contributed by atoms with Gasteiger partial charge in [-0.3, -0.25) is 24.0 Å². The van der Waals surface area contributed by atoms with E-state index in [1.807, 2.05) is 0 Å². The summed E-state index contributed by atoms with van der Waals surface area (Å²) in [5.74, 6) is -3.10. The van der Waals surface area contributed by atoms with E-state index in [4.69, 9.17) is 0 Å². The van der Waals surface area contributed by atoms with Crippen LogP contribution in [0, 0.1) is 11.8 Å². The molecule has 2 saturated heterocycles. The normalized spacial score (nSPS) is 17.9. The molecule has 0 aliphatic carbocycles. The van der Waals surface area contributed by atoms with Crippen LogP contribution in [0.25, 0.3) is 0 Å². The average molecular weight is 588 g/mol. The number of methoxy groups -OCH3 is 1. The third kappa shape index (κ3) is 10.4. The largest absolute Gasteiger partial charge is 0.481 e. The summed E-state index contributed by atoms with van der Waals surface area (Å²) in [6.07, 6.45) is 2.82. The first kappa shape index (κ1) is 32.5. The summed E-state index contributed by atoms with van der Waals surface area (Å²) >= 11 is 0. The molecule has 13 nitrogen and oxygen atoms in total. The molecule has 42 heavy (non-hydrogen) atoms. The van der Waals surface area contributed by atoms with Gasteiger partial charge in [-0.1, -0.05) is 0 Å². The van der Waals surface area contributed by atoms with Crippen LogP contribution in [-0.2, 0) is 23.9 Å². The van der Waals surface area contributed by atoms with Crippen molar-refractivity contribution in [1.82, 2.24) is 26.2 Å². The van der Waals surface area contributed by atoms with Crippen molar-refractivity contribution in [1.29, 1.82) is 0 Å². The standard InChI is InChI=1S/C29H41N5O8/c1-42-29(41)21-7-5-20(6-8-21)27(39)31-15-12-24(35)32-23(17-26(37)38)33-28(40)22-3-2-16-34(18-22)25(36)9-4-19-10-13-30-14-11-19/h5-8,19,22-23,30H,2-4,9-18H2,1H3,(H,31,39)(H,32,35)(H,33,40)(H,37,38)/t22-,23-/m1/s1. The number of aliphatic carboxylic acids is 1. The third-order valence-corrected chi connectivity index (χ3v) is 7.61. The molecule has 5 N–H and O–H groups in total. The number of carboxylic acid groups (broad SMARTS) is 1. The van der Waals surface area contributed by atoms with E-state index < -0.39 is 48.2 Å². The molecule has 1 aromatic rings. The molecular weight excluding hydrogens is 546 g/mol. The van der Waals surface area contributed by atoms with Crippen LogP contribution in [-0.4, -0.2) is 91.6 Å². The Bertz CT molecular complexity index is 1120. The van der Waals surface area contributed by atoms with Gasteiger partial charge in [-0.25, -0.2) is 4.79 Å². The second kappa shape index (κ2) is 16.4. The van der Waals surface area contributed by atoms with Gasteiger partial charge >= 0.3 is 11.9 Å². The molecule has 2 heterocycles. The van der Waals surface area contributed by atoms with Crippen LogP contribution in [0.15, 0.2) is 24.3 Å². The van der Waals surface area contributed by atoms with E-state index in [2.05, 4.69) is 26.0 Å². The van der Waals surface area contributed by atoms with E-state index in [-0.39, 0.29) is 31.0 Å². The summed E-state index contributed by atoms with van der Waals surface area (Å²) in [7, 11) is 1.25. The monoisotopic (exact) mass is 587 g/mol. The van der Waals surface area contributed by atoms with Gasteiger partial charge in [0.25, 0.3) is 5.91 Å². The van der Waals surface area contributed by atoms with E-state index in [1.165, 1.54) is 31.4 Å². The molecule has 2 aliphatic heterocycles. The van der Waals surface area contributed by atoms with Crippen LogP contribution < -0.4 is 21.3 Å². The molecular formula is C29H41N5O8. The average Bonchev–Trinajstić information content (AvgIpc) is 2.99. The van der Waals surface area contributed by atoms with E-state index in [0.29, 0.717) is 37.3 Å². The minimum atomic E-state index is -1.21. The molecule has 2 aliphatic rings. The minimum absolute atomic E-state index is 0.0304. The number of ether oxygens (including phenoxy) is 1. The number of carboxylic acids is 1. The Labute approximate surface area is 245 Å². The quantitative estimate of drug-likeness (QED) is 0.163. The molecule has 3 rings (SSSR count). The number of carbonyl (C=O) groups is 6. The van der Waals surface area contributed by atoms with Crippen molar-refractivity contribution < 1.29 is 38.6 Å². The maximum Gasteiger partial charge on any atom is 0.337 e. The number of nitrogens with one attached hydrogen (secondary N) is 4. The molecule has 0 unspecified atom stereocenters. The molecule has 13 heteroatoms. The van der Waals surface area contributed by atoms with Crippen LogP contribution >= 0.6 is 0 Å². The zero-order valence-electron chi connectivity index (χ0n) is 24.0. The highest BCUT2D eigenvalue weighted by molar-refractivity contribution is 5.96. The maximum absolute atomic E-state index is 13.0. The fourth-order valence-electron chi connectivity index (χ4n) is 5.21. The fraction of sp³-hybridized carbons (Fsp3) is 0.586. The summed E-state index contributed by atoms with van der Waals surface area (Å²) in [5.41, 5.74) is 0.575. The number of esters is 1. The number of amides is 4. The van der Waals surface area contributed by atoms with Gasteiger partial charge in [-0.2, -0.15) is 0 Å². The lowest BCUT2D eigenvalue weighted by Gasteiger charge is -2.33. The molecule has 0 spiro atoms. The Kier molecular flexibility index (Phi) is 12.7. The van der Waals surface area contributed by atoms with Crippen molar-refractivity contribution in [2.75, 3.05) is 39.8 Å². The molecule has 230 valence electrons. The van der Waals surface area contributed by atoms with Crippen molar-refractivity contribution in [3.8, 4) is 0 Å². The Morgan fingerprint density at radius 2 is 1.69 bits per heavy atom. The number of hydrogen-bond acceptors (Lipinski definition) is 8. The van der Waals surface area contributed by atoms with Crippen LogP contribution in [0.5, 0.6) is 0 Å². The molecule has 0 radical (unpaired) electrons. The maximum atomic E-state index is 13.0. The SMILES string of the molecule is COC(=O)c1ccc(C(=O)NCCC(=O)N[C@@H](CC(=O)O)NC(=O)[C@@H]2CCCN(C(=O)CCC3CCNCC3)C2)cc1. The first-order chi connectivity index (χ1) is 20.2. The third-order valence-electron chi connectivity index (χ3n) is 7.61. The lowest BCUT2D eigenvalue weighted by molar-refractivity contribution is -0.138. The van der Waals surface area contributed by atoms with Crippen molar-refractivity contribution in [2.45, 2.75) is 57.5 Å². The van der Waals surface area contributed by atoms with Crippen molar-refractivity contribution >= 4 is 35.6 Å². The van der Waals surface area contributed by atoms with Crippen LogP contribution in [0.1, 0.15) is 72.1 Å². The van der Waals surface area contributed by atoms with E-state index in [0.717, 1.165) is 32.4 Å². The highest BCUT2D eigenvalue weighted by Crippen LogP contribution is 2.21. The Morgan fingerprint density at radius 1 is 1.00 bits per heavy atom. The second-order valence-corrected chi connectivity index (χ2v) is 10.7. The first-order valence-electron chi connectivity index (χ1n) is 14.4. The van der Waals surface area contributed by atoms with Gasteiger partial charge in [-0.15, -0.1) is 0 Å².